The van der Waals surface area contributed by atoms with E-state index in [2.05, 4.69) is 11.7 Å². The number of carbonyl (C=O) groups is 2. The van der Waals surface area contributed by atoms with Crippen LogP contribution in [0.25, 0.3) is 0 Å². The molecule has 0 spiro atoms. The van der Waals surface area contributed by atoms with Crippen molar-refractivity contribution in [1.29, 1.82) is 0 Å². The van der Waals surface area contributed by atoms with Crippen LogP contribution in [0.4, 0.5) is 0 Å². The quantitative estimate of drug-likeness (QED) is 0.314. The highest BCUT2D eigenvalue weighted by atomic mass is 16.4. The van der Waals surface area contributed by atoms with Crippen molar-refractivity contribution >= 4 is 24.9 Å². The van der Waals surface area contributed by atoms with E-state index >= 15 is 0 Å². The molecule has 0 aliphatic rings. The first kappa shape index (κ1) is 18.6. The van der Waals surface area contributed by atoms with Crippen LogP contribution in [0, 0.1) is 0 Å². The van der Waals surface area contributed by atoms with Gasteiger partial charge in [-0.15, -0.1) is 0 Å². The van der Waals surface area contributed by atoms with Crippen molar-refractivity contribution in [2.45, 2.75) is 6.42 Å². The molecule has 8 heteroatoms. The molecule has 0 aliphatic heterocycles. The molecule has 0 radical (unpaired) electrons. The molecule has 0 saturated heterocycles. The zero-order chi connectivity index (χ0) is 14.4. The summed E-state index contributed by atoms with van der Waals surface area (Å²) in [5.41, 5.74) is 0. The van der Waals surface area contributed by atoms with E-state index in [9.17, 15) is 14.7 Å². The number of carboxylic acid groups (broad SMARTS) is 2. The lowest BCUT2D eigenvalue weighted by molar-refractivity contribution is -0.527. The number of aliphatic hydroxyl groups is 2. The van der Waals surface area contributed by atoms with E-state index in [1.807, 2.05) is 0 Å². The molecular weight excluding hydrogens is 244 g/mol. The van der Waals surface area contributed by atoms with Gasteiger partial charge >= 0.3 is 5.97 Å². The summed E-state index contributed by atoms with van der Waals surface area (Å²) in [6.07, 6.45) is 1.92. The summed E-state index contributed by atoms with van der Waals surface area (Å²) in [5, 5.41) is 34.9. The van der Waals surface area contributed by atoms with Crippen LogP contribution in [0.3, 0.4) is 0 Å². The maximum absolute atomic E-state index is 10.1. The molecule has 0 bridgehead atoms. The predicted molar refractivity (Wildman–Crippen MR) is 61.9 cm³/mol. The van der Waals surface area contributed by atoms with Gasteiger partial charge in [0.25, 0.3) is 0 Å². The first-order chi connectivity index (χ1) is 8.47. The van der Waals surface area contributed by atoms with E-state index < -0.39 is 11.9 Å². The Morgan fingerprint density at radius 3 is 2.22 bits per heavy atom. The third-order valence-corrected chi connectivity index (χ3v) is 1.48. The van der Waals surface area contributed by atoms with E-state index in [4.69, 9.17) is 15.3 Å². The van der Waals surface area contributed by atoms with E-state index in [1.165, 1.54) is 10.8 Å². The predicted octanol–water partition coefficient (Wildman–Crippen LogP) is -3.03. The second-order valence-electron chi connectivity index (χ2n) is 3.04. The minimum atomic E-state index is -1.20. The zero-order valence-electron chi connectivity index (χ0n) is 9.99. The number of aliphatic imine (C=N–C) groups is 1. The Labute approximate surface area is 105 Å². The molecule has 0 aromatic rings. The van der Waals surface area contributed by atoms with E-state index in [1.54, 1.807) is 0 Å². The lowest BCUT2D eigenvalue weighted by atomic mass is 10.4. The molecular formula is C10H18N2O6. The van der Waals surface area contributed by atoms with Crippen molar-refractivity contribution in [3.05, 3.63) is 0 Å². The summed E-state index contributed by atoms with van der Waals surface area (Å²) in [7, 11) is 0. The molecule has 0 amide bonds. The number of carboxylic acids is 2. The Morgan fingerprint density at radius 1 is 1.33 bits per heavy atom. The monoisotopic (exact) mass is 262 g/mol. The van der Waals surface area contributed by atoms with Gasteiger partial charge in [0, 0.05) is 6.42 Å². The lowest BCUT2D eigenvalue weighted by Crippen LogP contribution is -2.34. The van der Waals surface area contributed by atoms with Gasteiger partial charge in [-0.1, -0.05) is 0 Å². The third-order valence-electron chi connectivity index (χ3n) is 1.48. The maximum Gasteiger partial charge on any atom is 0.325 e. The molecule has 0 fully saturated rings. The van der Waals surface area contributed by atoms with E-state index in [-0.39, 0.29) is 32.8 Å². The summed E-state index contributed by atoms with van der Waals surface area (Å²) < 4.78 is 1.39. The molecule has 0 aliphatic carbocycles. The Balaban J connectivity index is 0. The average molecular weight is 262 g/mol. The number of carbonyl (C=O) groups excluding carboxylic acids is 1. The Hall–Kier alpha value is -1.80. The molecule has 0 atom stereocenters. The highest BCUT2D eigenvalue weighted by Gasteiger charge is 2.02. The maximum atomic E-state index is 10.1. The largest absolute Gasteiger partial charge is 0.544 e. The van der Waals surface area contributed by atoms with Gasteiger partial charge in [0.2, 0.25) is 0 Å². The number of hydrogen-bond donors (Lipinski definition) is 3. The first-order valence-corrected chi connectivity index (χ1v) is 5.11. The van der Waals surface area contributed by atoms with Gasteiger partial charge in [0.15, 0.2) is 13.1 Å². The summed E-state index contributed by atoms with van der Waals surface area (Å²) >= 11 is 0. The van der Waals surface area contributed by atoms with E-state index in [0.717, 1.165) is 0 Å². The first-order valence-electron chi connectivity index (χ1n) is 5.11. The topological polar surface area (TPSA) is 133 Å². The number of aliphatic carboxylic acids is 2. The molecule has 0 aromatic heterocycles. The number of nitrogens with zero attached hydrogens (tertiary/aromatic N) is 2. The van der Waals surface area contributed by atoms with Crippen LogP contribution in [-0.2, 0) is 9.59 Å². The van der Waals surface area contributed by atoms with Crippen LogP contribution in [0.15, 0.2) is 4.99 Å². The van der Waals surface area contributed by atoms with Crippen molar-refractivity contribution in [3.63, 3.8) is 0 Å². The highest BCUT2D eigenvalue weighted by Crippen LogP contribution is 1.76. The number of hydrogen-bond acceptors (Lipinski definition) is 6. The molecule has 0 saturated carbocycles. The van der Waals surface area contributed by atoms with E-state index in [0.29, 0.717) is 6.42 Å². The van der Waals surface area contributed by atoms with Crippen molar-refractivity contribution in [1.82, 2.24) is 0 Å². The third kappa shape index (κ3) is 16.6. The van der Waals surface area contributed by atoms with Crippen molar-refractivity contribution in [3.8, 4) is 0 Å². The summed E-state index contributed by atoms with van der Waals surface area (Å²) in [6.45, 7) is 2.62. The van der Waals surface area contributed by atoms with Crippen LogP contribution in [0.2, 0.25) is 0 Å². The smallest absolute Gasteiger partial charge is 0.325 e. The summed E-state index contributed by atoms with van der Waals surface area (Å²) in [5.74, 6) is -2.14. The van der Waals surface area contributed by atoms with Crippen LogP contribution >= 0.6 is 0 Å². The molecule has 0 unspecified atom stereocenters. The fraction of sp³-hybridized carbons (Fsp3) is 0.600. The SMILES string of the molecule is C=NCC(=O)O.O=C([O-])C[N+](=CCCO)CCO. The van der Waals surface area contributed by atoms with Crippen molar-refractivity contribution in [2.75, 3.05) is 32.8 Å². The molecule has 0 aromatic carbocycles. The van der Waals surface area contributed by atoms with Crippen molar-refractivity contribution in [2.24, 2.45) is 4.99 Å². The second-order valence-corrected chi connectivity index (χ2v) is 3.04. The molecule has 0 rings (SSSR count). The molecule has 3 N–H and O–H groups in total. The fourth-order valence-electron chi connectivity index (χ4n) is 0.865. The molecule has 104 valence electrons. The van der Waals surface area contributed by atoms with Gasteiger partial charge in [0.1, 0.15) is 25.3 Å². The normalized spacial score (nSPS) is 10.2. The van der Waals surface area contributed by atoms with Crippen molar-refractivity contribution < 1.29 is 34.6 Å². The Morgan fingerprint density at radius 2 is 1.94 bits per heavy atom. The number of aliphatic hydroxyl groups excluding tert-OH is 2. The van der Waals surface area contributed by atoms with Gasteiger partial charge in [-0.2, -0.15) is 0 Å². The standard InChI is InChI=1S/C7H13NO4.C3H5NO2/c9-4-1-2-8(3-5-10)6-7(11)12;1-4-2-3(5)6/h2,9-10H,1,3-6H2;1-2H2,(H,5,6). The Bertz CT molecular complexity index is 290. The minimum Gasteiger partial charge on any atom is -0.544 e. The van der Waals surface area contributed by atoms with Crippen LogP contribution in [0.1, 0.15) is 6.42 Å². The number of rotatable bonds is 8. The average Bonchev–Trinajstić information content (AvgIpc) is 2.26. The van der Waals surface area contributed by atoms with Gasteiger partial charge in [-0.3, -0.25) is 9.79 Å². The molecule has 18 heavy (non-hydrogen) atoms. The van der Waals surface area contributed by atoms with Crippen LogP contribution in [0.5, 0.6) is 0 Å². The molecule has 8 nitrogen and oxygen atoms in total. The highest BCUT2D eigenvalue weighted by molar-refractivity contribution is 5.69. The zero-order valence-corrected chi connectivity index (χ0v) is 9.99. The van der Waals surface area contributed by atoms with Gasteiger partial charge in [0.05, 0.1) is 6.61 Å². The summed E-state index contributed by atoms with van der Waals surface area (Å²) in [4.78, 5) is 22.7. The molecule has 0 heterocycles. The van der Waals surface area contributed by atoms with Gasteiger partial charge in [-0.05, 0) is 6.72 Å². The summed E-state index contributed by atoms with van der Waals surface area (Å²) in [6, 6.07) is 0. The fourth-order valence-corrected chi connectivity index (χ4v) is 0.865. The second kappa shape index (κ2) is 13.3. The minimum absolute atomic E-state index is 0.0328. The van der Waals surface area contributed by atoms with Crippen LogP contribution < -0.4 is 5.11 Å². The van der Waals surface area contributed by atoms with Gasteiger partial charge in [-0.25, -0.2) is 4.58 Å². The van der Waals surface area contributed by atoms with Gasteiger partial charge < -0.3 is 25.2 Å². The Kier molecular flexibility index (Phi) is 13.7. The van der Waals surface area contributed by atoms with Crippen LogP contribution in [-0.4, -0.2) is 77.6 Å². The lowest BCUT2D eigenvalue weighted by Gasteiger charge is -2.01.